The van der Waals surface area contributed by atoms with E-state index in [-0.39, 0.29) is 0 Å². The van der Waals surface area contributed by atoms with Crippen molar-refractivity contribution in [2.24, 2.45) is 0 Å². The fourth-order valence-corrected chi connectivity index (χ4v) is 2.11. The molecule has 2 nitrogen and oxygen atoms in total. The molecule has 1 N–H and O–H groups in total. The number of hydrogen-bond donors (Lipinski definition) is 1. The molecule has 0 spiro atoms. The summed E-state index contributed by atoms with van der Waals surface area (Å²) in [6.07, 6.45) is 11.3. The Kier molecular flexibility index (Phi) is 4.48. The highest BCUT2D eigenvalue weighted by Crippen LogP contribution is 2.28. The Bertz CT molecular complexity index is 385. The van der Waals surface area contributed by atoms with Crippen LogP contribution < -0.4 is 10.1 Å². The van der Waals surface area contributed by atoms with Crippen molar-refractivity contribution in [1.29, 1.82) is 0 Å². The highest BCUT2D eigenvalue weighted by atomic mass is 16.5. The number of anilines is 1. The third-order valence-electron chi connectivity index (χ3n) is 3.11. The molecule has 0 atom stereocenters. The second-order valence-corrected chi connectivity index (χ2v) is 4.56. The van der Waals surface area contributed by atoms with E-state index in [1.54, 1.807) is 6.26 Å². The SMILES string of the molecule is CCCCCCCc1ccc2c(c1)NC=CO2. The second-order valence-electron chi connectivity index (χ2n) is 4.56. The first kappa shape index (κ1) is 12.0. The minimum Gasteiger partial charge on any atom is -0.461 e. The smallest absolute Gasteiger partial charge is 0.150 e. The molecule has 0 unspecified atom stereocenters. The summed E-state index contributed by atoms with van der Waals surface area (Å²) in [5, 5.41) is 3.21. The number of nitrogens with one attached hydrogen (secondary N) is 1. The Morgan fingerprint density at radius 2 is 2.00 bits per heavy atom. The number of fused-ring (bicyclic) bond motifs is 1. The summed E-state index contributed by atoms with van der Waals surface area (Å²) in [5.41, 5.74) is 2.48. The van der Waals surface area contributed by atoms with Gasteiger partial charge in [0.1, 0.15) is 12.0 Å². The van der Waals surface area contributed by atoms with Gasteiger partial charge in [-0.2, -0.15) is 0 Å². The van der Waals surface area contributed by atoms with Gasteiger partial charge in [0.25, 0.3) is 0 Å². The normalized spacial score (nSPS) is 12.8. The van der Waals surface area contributed by atoms with Crippen molar-refractivity contribution in [2.45, 2.75) is 45.4 Å². The average Bonchev–Trinajstić information content (AvgIpc) is 2.38. The minimum absolute atomic E-state index is 0.919. The number of unbranched alkanes of at least 4 members (excludes halogenated alkanes) is 4. The van der Waals surface area contributed by atoms with Crippen LogP contribution in [0.4, 0.5) is 5.69 Å². The van der Waals surface area contributed by atoms with E-state index < -0.39 is 0 Å². The number of rotatable bonds is 6. The Morgan fingerprint density at radius 1 is 1.12 bits per heavy atom. The summed E-state index contributed by atoms with van der Waals surface area (Å²) in [6.45, 7) is 2.25. The number of aryl methyl sites for hydroxylation is 1. The van der Waals surface area contributed by atoms with Crippen molar-refractivity contribution in [3.63, 3.8) is 0 Å². The van der Waals surface area contributed by atoms with E-state index in [2.05, 4.69) is 24.4 Å². The molecule has 0 saturated heterocycles. The first-order valence-electron chi connectivity index (χ1n) is 6.61. The molecule has 1 aliphatic heterocycles. The van der Waals surface area contributed by atoms with Crippen LogP contribution in [0.3, 0.4) is 0 Å². The van der Waals surface area contributed by atoms with Gasteiger partial charge in [0.05, 0.1) is 5.69 Å². The van der Waals surface area contributed by atoms with E-state index in [1.165, 1.54) is 44.1 Å². The third-order valence-corrected chi connectivity index (χ3v) is 3.11. The Labute approximate surface area is 104 Å². The van der Waals surface area contributed by atoms with Gasteiger partial charge in [-0.3, -0.25) is 0 Å². The summed E-state index contributed by atoms with van der Waals surface area (Å²) in [5.74, 6) is 0.919. The maximum absolute atomic E-state index is 5.39. The lowest BCUT2D eigenvalue weighted by Gasteiger charge is -2.14. The van der Waals surface area contributed by atoms with Crippen molar-refractivity contribution >= 4 is 5.69 Å². The molecule has 92 valence electrons. The van der Waals surface area contributed by atoms with Crippen molar-refractivity contribution in [2.75, 3.05) is 5.32 Å². The second kappa shape index (κ2) is 6.33. The summed E-state index contributed by atoms with van der Waals surface area (Å²) in [6, 6.07) is 6.41. The summed E-state index contributed by atoms with van der Waals surface area (Å²) >= 11 is 0. The van der Waals surface area contributed by atoms with E-state index in [1.807, 2.05) is 12.3 Å². The standard InChI is InChI=1S/C15H21NO/c1-2-3-4-5-6-7-13-8-9-15-14(12-13)16-10-11-17-15/h8-12,16H,2-7H2,1H3. The Hall–Kier alpha value is -1.44. The van der Waals surface area contributed by atoms with Crippen LogP contribution in [0.25, 0.3) is 0 Å². The average molecular weight is 231 g/mol. The van der Waals surface area contributed by atoms with E-state index in [0.29, 0.717) is 0 Å². The van der Waals surface area contributed by atoms with E-state index in [0.717, 1.165) is 11.4 Å². The molecular weight excluding hydrogens is 210 g/mol. The highest BCUT2D eigenvalue weighted by molar-refractivity contribution is 5.61. The molecule has 1 heterocycles. The van der Waals surface area contributed by atoms with Crippen LogP contribution in [0.15, 0.2) is 30.7 Å². The first-order valence-corrected chi connectivity index (χ1v) is 6.61. The van der Waals surface area contributed by atoms with Crippen molar-refractivity contribution in [1.82, 2.24) is 0 Å². The molecule has 1 aromatic rings. The molecule has 0 radical (unpaired) electrons. The topological polar surface area (TPSA) is 21.3 Å². The van der Waals surface area contributed by atoms with Crippen LogP contribution in [-0.4, -0.2) is 0 Å². The molecule has 0 saturated carbocycles. The van der Waals surface area contributed by atoms with E-state index >= 15 is 0 Å². The van der Waals surface area contributed by atoms with Gasteiger partial charge in [-0.1, -0.05) is 38.7 Å². The summed E-state index contributed by atoms with van der Waals surface area (Å²) in [4.78, 5) is 0. The predicted octanol–water partition coefficient (Wildman–Crippen LogP) is 4.48. The Morgan fingerprint density at radius 3 is 2.88 bits per heavy atom. The molecule has 0 aromatic heterocycles. The van der Waals surface area contributed by atoms with Crippen LogP contribution in [0.1, 0.15) is 44.6 Å². The molecule has 0 aliphatic carbocycles. The van der Waals surface area contributed by atoms with Crippen molar-refractivity contribution in [3.8, 4) is 5.75 Å². The van der Waals surface area contributed by atoms with Gasteiger partial charge in [0.2, 0.25) is 0 Å². The summed E-state index contributed by atoms with van der Waals surface area (Å²) < 4.78 is 5.39. The molecule has 0 bridgehead atoms. The van der Waals surface area contributed by atoms with E-state index in [9.17, 15) is 0 Å². The molecular formula is C15H21NO. The summed E-state index contributed by atoms with van der Waals surface area (Å²) in [7, 11) is 0. The van der Waals surface area contributed by atoms with Gasteiger partial charge in [-0.25, -0.2) is 0 Å². The van der Waals surface area contributed by atoms with Gasteiger partial charge in [-0.15, -0.1) is 0 Å². The molecule has 0 fully saturated rings. The van der Waals surface area contributed by atoms with Gasteiger partial charge in [0.15, 0.2) is 0 Å². The zero-order valence-electron chi connectivity index (χ0n) is 10.5. The molecule has 1 aromatic carbocycles. The van der Waals surface area contributed by atoms with Crippen LogP contribution in [0.5, 0.6) is 5.75 Å². The number of hydrogen-bond acceptors (Lipinski definition) is 2. The quantitative estimate of drug-likeness (QED) is 0.729. The monoisotopic (exact) mass is 231 g/mol. The van der Waals surface area contributed by atoms with Gasteiger partial charge in [-0.05, 0) is 30.5 Å². The zero-order chi connectivity index (χ0) is 11.9. The largest absolute Gasteiger partial charge is 0.461 e. The fraction of sp³-hybridized carbons (Fsp3) is 0.467. The molecule has 17 heavy (non-hydrogen) atoms. The van der Waals surface area contributed by atoms with Crippen molar-refractivity contribution in [3.05, 3.63) is 36.2 Å². The van der Waals surface area contributed by atoms with E-state index in [4.69, 9.17) is 4.74 Å². The van der Waals surface area contributed by atoms with Gasteiger partial charge in [0, 0.05) is 6.20 Å². The molecule has 2 heteroatoms. The number of ether oxygens (including phenoxy) is 1. The lowest BCUT2D eigenvalue weighted by atomic mass is 10.0. The van der Waals surface area contributed by atoms with Gasteiger partial charge >= 0.3 is 0 Å². The highest BCUT2D eigenvalue weighted by Gasteiger charge is 2.06. The lowest BCUT2D eigenvalue weighted by molar-refractivity contribution is 0.477. The predicted molar refractivity (Wildman–Crippen MR) is 72.3 cm³/mol. The number of benzene rings is 1. The lowest BCUT2D eigenvalue weighted by Crippen LogP contribution is -2.00. The minimum atomic E-state index is 0.919. The van der Waals surface area contributed by atoms with Crippen molar-refractivity contribution < 1.29 is 4.74 Å². The zero-order valence-corrected chi connectivity index (χ0v) is 10.5. The molecule has 0 amide bonds. The van der Waals surface area contributed by atoms with Crippen LogP contribution in [0, 0.1) is 0 Å². The fourth-order valence-electron chi connectivity index (χ4n) is 2.11. The maximum Gasteiger partial charge on any atom is 0.150 e. The Balaban J connectivity index is 1.82. The van der Waals surface area contributed by atoms with Crippen LogP contribution >= 0.6 is 0 Å². The molecule has 2 rings (SSSR count). The van der Waals surface area contributed by atoms with Crippen LogP contribution in [-0.2, 0) is 6.42 Å². The third kappa shape index (κ3) is 3.52. The van der Waals surface area contributed by atoms with Gasteiger partial charge < -0.3 is 10.1 Å². The first-order chi connectivity index (χ1) is 8.40. The maximum atomic E-state index is 5.39. The molecule has 1 aliphatic rings. The van der Waals surface area contributed by atoms with Crippen LogP contribution in [0.2, 0.25) is 0 Å².